The van der Waals surface area contributed by atoms with Gasteiger partial charge in [0.25, 0.3) is 0 Å². The van der Waals surface area contributed by atoms with Gasteiger partial charge in [-0.05, 0) is 52.8 Å². The summed E-state index contributed by atoms with van der Waals surface area (Å²) in [6, 6.07) is 10.9. The minimum Gasteiger partial charge on any atom is -0.367 e. The van der Waals surface area contributed by atoms with E-state index in [9.17, 15) is 9.18 Å². The average Bonchev–Trinajstić information content (AvgIpc) is 2.54. The van der Waals surface area contributed by atoms with Crippen LogP contribution in [0.1, 0.15) is 43.9 Å². The molecule has 1 heterocycles. The van der Waals surface area contributed by atoms with Crippen LogP contribution in [0.4, 0.5) is 10.1 Å². The van der Waals surface area contributed by atoms with Gasteiger partial charge in [-0.1, -0.05) is 44.5 Å². The second-order valence-electron chi connectivity index (χ2n) is 8.31. The number of anilines is 1. The van der Waals surface area contributed by atoms with Crippen LogP contribution in [0.3, 0.4) is 0 Å². The highest BCUT2D eigenvalue weighted by atomic mass is 35.5. The molecule has 0 fully saturated rings. The molecular weight excluding hydrogens is 349 g/mol. The lowest BCUT2D eigenvalue weighted by Crippen LogP contribution is -2.30. The molecule has 2 aromatic carbocycles. The fourth-order valence-electron chi connectivity index (χ4n) is 3.48. The van der Waals surface area contributed by atoms with E-state index in [0.29, 0.717) is 17.9 Å². The molecule has 0 saturated carbocycles. The Morgan fingerprint density at radius 2 is 1.92 bits per heavy atom. The van der Waals surface area contributed by atoms with Gasteiger partial charge in [0.1, 0.15) is 11.6 Å². The Hall–Kier alpha value is -1.87. The van der Waals surface area contributed by atoms with Gasteiger partial charge in [-0.2, -0.15) is 0 Å². The second kappa shape index (κ2) is 7.40. The summed E-state index contributed by atoms with van der Waals surface area (Å²) in [6.07, 6.45) is 1.74. The molecule has 1 aliphatic heterocycles. The highest BCUT2D eigenvalue weighted by Gasteiger charge is 2.20. The molecule has 0 saturated heterocycles. The minimum absolute atomic E-state index is 0.00976. The van der Waals surface area contributed by atoms with Crippen molar-refractivity contribution in [3.63, 3.8) is 0 Å². The predicted octanol–water partition coefficient (Wildman–Crippen LogP) is 5.59. The quantitative estimate of drug-likeness (QED) is 0.696. The van der Waals surface area contributed by atoms with Gasteiger partial charge < -0.3 is 4.90 Å². The molecule has 138 valence electrons. The number of ketones is 1. The number of Topliss-reactive ketones (excluding diaryl/α,β-unsaturated/α-hetero) is 1. The number of hydrogen-bond acceptors (Lipinski definition) is 2. The van der Waals surface area contributed by atoms with Crippen LogP contribution in [0.25, 0.3) is 0 Å². The number of benzene rings is 2. The zero-order chi connectivity index (χ0) is 18.9. The fourth-order valence-corrected chi connectivity index (χ4v) is 3.73. The molecule has 26 heavy (non-hydrogen) atoms. The average molecular weight is 374 g/mol. The van der Waals surface area contributed by atoms with Crippen LogP contribution in [0.2, 0.25) is 5.02 Å². The van der Waals surface area contributed by atoms with E-state index in [-0.39, 0.29) is 17.0 Å². The SMILES string of the molecule is CC(C)(C)CC(=O)Cc1ccc(N2CCc3cc(F)ccc3C2)cc1Cl. The van der Waals surface area contributed by atoms with Gasteiger partial charge in [0.05, 0.1) is 0 Å². The predicted molar refractivity (Wildman–Crippen MR) is 105 cm³/mol. The number of carbonyl (C=O) groups is 1. The van der Waals surface area contributed by atoms with Crippen LogP contribution < -0.4 is 4.90 Å². The summed E-state index contributed by atoms with van der Waals surface area (Å²) in [5, 5.41) is 0.634. The Kier molecular flexibility index (Phi) is 5.38. The highest BCUT2D eigenvalue weighted by Crippen LogP contribution is 2.29. The third-order valence-electron chi connectivity index (χ3n) is 4.70. The molecule has 0 unspecified atom stereocenters. The fraction of sp³-hybridized carbons (Fsp3) is 0.409. The van der Waals surface area contributed by atoms with Gasteiger partial charge in [-0.15, -0.1) is 0 Å². The monoisotopic (exact) mass is 373 g/mol. The molecule has 0 aromatic heterocycles. The van der Waals surface area contributed by atoms with Crippen LogP contribution in [0, 0.1) is 11.2 Å². The van der Waals surface area contributed by atoms with E-state index in [1.165, 1.54) is 6.07 Å². The van der Waals surface area contributed by atoms with Gasteiger partial charge in [0.2, 0.25) is 0 Å². The lowest BCUT2D eigenvalue weighted by Gasteiger charge is -2.31. The first-order valence-corrected chi connectivity index (χ1v) is 9.41. The van der Waals surface area contributed by atoms with Crippen molar-refractivity contribution in [2.45, 2.75) is 46.6 Å². The topological polar surface area (TPSA) is 20.3 Å². The molecule has 0 radical (unpaired) electrons. The molecule has 1 aliphatic rings. The first-order chi connectivity index (χ1) is 12.2. The first-order valence-electron chi connectivity index (χ1n) is 9.04. The molecule has 0 N–H and O–H groups in total. The number of carbonyl (C=O) groups excluding carboxylic acids is 1. The lowest BCUT2D eigenvalue weighted by molar-refractivity contribution is -0.120. The molecule has 0 amide bonds. The van der Waals surface area contributed by atoms with Crippen LogP contribution in [-0.2, 0) is 24.2 Å². The van der Waals surface area contributed by atoms with E-state index in [4.69, 9.17) is 11.6 Å². The summed E-state index contributed by atoms with van der Waals surface area (Å²) in [6.45, 7) is 7.77. The Bertz CT molecular complexity index is 825. The van der Waals surface area contributed by atoms with E-state index in [2.05, 4.69) is 25.7 Å². The molecular formula is C22H25ClFNO. The van der Waals surface area contributed by atoms with Crippen molar-refractivity contribution in [3.05, 3.63) is 63.9 Å². The summed E-state index contributed by atoms with van der Waals surface area (Å²) in [5.41, 5.74) is 4.14. The van der Waals surface area contributed by atoms with Crippen molar-refractivity contribution in [3.8, 4) is 0 Å². The Balaban J connectivity index is 1.72. The van der Waals surface area contributed by atoms with Crippen molar-refractivity contribution in [2.24, 2.45) is 5.41 Å². The van der Waals surface area contributed by atoms with Crippen molar-refractivity contribution in [1.29, 1.82) is 0 Å². The van der Waals surface area contributed by atoms with Gasteiger partial charge in [-0.25, -0.2) is 4.39 Å². The summed E-state index contributed by atoms with van der Waals surface area (Å²) in [4.78, 5) is 14.5. The normalized spacial score (nSPS) is 14.3. The van der Waals surface area contributed by atoms with Crippen LogP contribution in [0.15, 0.2) is 36.4 Å². The van der Waals surface area contributed by atoms with Crippen molar-refractivity contribution < 1.29 is 9.18 Å². The molecule has 2 nitrogen and oxygen atoms in total. The van der Waals surface area contributed by atoms with E-state index in [0.717, 1.165) is 41.9 Å². The van der Waals surface area contributed by atoms with Gasteiger partial charge >= 0.3 is 0 Å². The molecule has 0 bridgehead atoms. The second-order valence-corrected chi connectivity index (χ2v) is 8.72. The van der Waals surface area contributed by atoms with Gasteiger partial charge in [0, 0.05) is 36.6 Å². The zero-order valence-corrected chi connectivity index (χ0v) is 16.4. The third kappa shape index (κ3) is 4.64. The van der Waals surface area contributed by atoms with Crippen molar-refractivity contribution in [1.82, 2.24) is 0 Å². The van der Waals surface area contributed by atoms with Crippen molar-refractivity contribution >= 4 is 23.1 Å². The van der Waals surface area contributed by atoms with Gasteiger partial charge in [0.15, 0.2) is 0 Å². The van der Waals surface area contributed by atoms with Gasteiger partial charge in [-0.3, -0.25) is 4.79 Å². The Labute approximate surface area is 160 Å². The van der Waals surface area contributed by atoms with Crippen LogP contribution >= 0.6 is 11.6 Å². The minimum atomic E-state index is -0.176. The molecule has 0 spiro atoms. The number of halogens is 2. The number of hydrogen-bond donors (Lipinski definition) is 0. The summed E-state index contributed by atoms with van der Waals surface area (Å²) in [5.74, 6) is 0.0330. The van der Waals surface area contributed by atoms with Crippen LogP contribution in [-0.4, -0.2) is 12.3 Å². The maximum absolute atomic E-state index is 13.4. The Morgan fingerprint density at radius 3 is 2.62 bits per heavy atom. The molecule has 0 aliphatic carbocycles. The highest BCUT2D eigenvalue weighted by molar-refractivity contribution is 6.31. The van der Waals surface area contributed by atoms with E-state index in [1.807, 2.05) is 24.3 Å². The summed E-state index contributed by atoms with van der Waals surface area (Å²) >= 11 is 6.46. The summed E-state index contributed by atoms with van der Waals surface area (Å²) < 4.78 is 13.4. The molecule has 3 rings (SSSR count). The molecule has 4 heteroatoms. The third-order valence-corrected chi connectivity index (χ3v) is 5.05. The summed E-state index contributed by atoms with van der Waals surface area (Å²) in [7, 11) is 0. The standard InChI is InChI=1S/C22H25ClFNO/c1-22(2,3)13-20(26)11-16-5-7-19(12-21(16)23)25-9-8-15-10-18(24)6-4-17(15)14-25/h4-7,10,12H,8-9,11,13-14H2,1-3H3. The van der Waals surface area contributed by atoms with E-state index < -0.39 is 0 Å². The molecule has 2 aromatic rings. The molecule has 0 atom stereocenters. The maximum atomic E-state index is 13.4. The first kappa shape index (κ1) is 18.9. The van der Waals surface area contributed by atoms with Crippen molar-refractivity contribution in [2.75, 3.05) is 11.4 Å². The van der Waals surface area contributed by atoms with E-state index in [1.54, 1.807) is 6.07 Å². The van der Waals surface area contributed by atoms with E-state index >= 15 is 0 Å². The number of rotatable bonds is 4. The smallest absolute Gasteiger partial charge is 0.137 e. The lowest BCUT2D eigenvalue weighted by atomic mass is 9.88. The number of fused-ring (bicyclic) bond motifs is 1. The zero-order valence-electron chi connectivity index (χ0n) is 15.6. The number of nitrogens with zero attached hydrogens (tertiary/aromatic N) is 1. The maximum Gasteiger partial charge on any atom is 0.137 e. The van der Waals surface area contributed by atoms with Crippen LogP contribution in [0.5, 0.6) is 0 Å². The largest absolute Gasteiger partial charge is 0.367 e. The Morgan fingerprint density at radius 1 is 1.15 bits per heavy atom.